The maximum atomic E-state index is 6.48. The second-order valence-corrected chi connectivity index (χ2v) is 12.8. The van der Waals surface area contributed by atoms with Crippen molar-refractivity contribution in [1.29, 1.82) is 0 Å². The van der Waals surface area contributed by atoms with E-state index in [2.05, 4.69) is 53.2 Å². The molecule has 3 fully saturated rings. The molecule has 1 spiro atoms. The summed E-state index contributed by atoms with van der Waals surface area (Å²) in [7, 11) is 0. The highest BCUT2D eigenvalue weighted by molar-refractivity contribution is 5.55. The number of rotatable bonds is 5. The number of piperazine rings is 1. The molecule has 6 nitrogen and oxygen atoms in total. The van der Waals surface area contributed by atoms with Crippen molar-refractivity contribution in [2.45, 2.75) is 102 Å². The summed E-state index contributed by atoms with van der Waals surface area (Å²) in [4.78, 5) is 15.6. The molecule has 3 aliphatic heterocycles. The fourth-order valence-electron chi connectivity index (χ4n) is 8.25. The lowest BCUT2D eigenvalue weighted by molar-refractivity contribution is 0.137. The maximum absolute atomic E-state index is 6.48. The van der Waals surface area contributed by atoms with Crippen LogP contribution in [-0.4, -0.2) is 65.3 Å². The van der Waals surface area contributed by atoms with Crippen LogP contribution in [0.15, 0.2) is 24.3 Å². The summed E-state index contributed by atoms with van der Waals surface area (Å²) in [5, 5.41) is 3.65. The molecule has 3 saturated heterocycles. The van der Waals surface area contributed by atoms with Crippen LogP contribution in [0.5, 0.6) is 6.01 Å². The van der Waals surface area contributed by atoms with Crippen LogP contribution in [0.4, 0.5) is 5.82 Å². The molecule has 1 N–H and O–H groups in total. The number of aryl methyl sites for hydroxylation is 1. The Kier molecular flexibility index (Phi) is 6.16. The van der Waals surface area contributed by atoms with Crippen LogP contribution < -0.4 is 15.0 Å². The monoisotopic (exact) mass is 501 g/mol. The molecule has 0 radical (unpaired) electrons. The zero-order chi connectivity index (χ0) is 25.0. The Balaban J connectivity index is 1.20. The first-order valence-corrected chi connectivity index (χ1v) is 14.9. The molecule has 5 aliphatic rings. The predicted molar refractivity (Wildman–Crippen MR) is 147 cm³/mol. The molecule has 0 unspecified atom stereocenters. The normalized spacial score (nSPS) is 31.1. The average molecular weight is 502 g/mol. The van der Waals surface area contributed by atoms with Gasteiger partial charge in [0.2, 0.25) is 0 Å². The highest BCUT2D eigenvalue weighted by Crippen LogP contribution is 2.47. The van der Waals surface area contributed by atoms with Crippen molar-refractivity contribution in [3.63, 3.8) is 0 Å². The number of nitrogens with zero attached hydrogens (tertiary/aromatic N) is 4. The number of ether oxygens (including phenoxy) is 1. The van der Waals surface area contributed by atoms with Crippen molar-refractivity contribution in [2.75, 3.05) is 31.1 Å². The summed E-state index contributed by atoms with van der Waals surface area (Å²) in [5.41, 5.74) is 6.12. The Hall–Kier alpha value is -2.18. The number of likely N-dealkylation sites (tertiary alicyclic amines) is 1. The van der Waals surface area contributed by atoms with E-state index in [1.807, 2.05) is 0 Å². The van der Waals surface area contributed by atoms with Crippen LogP contribution in [0.1, 0.15) is 74.8 Å². The van der Waals surface area contributed by atoms with Gasteiger partial charge in [-0.1, -0.05) is 24.3 Å². The highest BCUT2D eigenvalue weighted by atomic mass is 16.5. The first kappa shape index (κ1) is 23.9. The van der Waals surface area contributed by atoms with Crippen LogP contribution in [-0.2, 0) is 25.7 Å². The van der Waals surface area contributed by atoms with Gasteiger partial charge in [-0.2, -0.15) is 9.97 Å². The van der Waals surface area contributed by atoms with E-state index < -0.39 is 0 Å². The summed E-state index contributed by atoms with van der Waals surface area (Å²) in [5.74, 6) is 1.20. The molecule has 198 valence electrons. The third kappa shape index (κ3) is 4.34. The summed E-state index contributed by atoms with van der Waals surface area (Å²) in [6.07, 6.45) is 12.0. The molecule has 2 aromatic rings. The molecule has 37 heavy (non-hydrogen) atoms. The third-order valence-corrected chi connectivity index (χ3v) is 10.2. The maximum Gasteiger partial charge on any atom is 0.318 e. The van der Waals surface area contributed by atoms with E-state index in [4.69, 9.17) is 14.7 Å². The summed E-state index contributed by atoms with van der Waals surface area (Å²) >= 11 is 0. The van der Waals surface area contributed by atoms with Crippen molar-refractivity contribution in [2.24, 2.45) is 5.41 Å². The van der Waals surface area contributed by atoms with Gasteiger partial charge in [0.15, 0.2) is 0 Å². The average Bonchev–Trinajstić information content (AvgIpc) is 3.48. The van der Waals surface area contributed by atoms with Gasteiger partial charge in [0, 0.05) is 42.8 Å². The second kappa shape index (κ2) is 9.53. The Bertz CT molecular complexity index is 1130. The first-order chi connectivity index (χ1) is 18.1. The molecule has 2 bridgehead atoms. The van der Waals surface area contributed by atoms with Crippen LogP contribution in [0.2, 0.25) is 0 Å². The van der Waals surface area contributed by atoms with Crippen molar-refractivity contribution >= 4 is 5.82 Å². The highest BCUT2D eigenvalue weighted by Gasteiger charge is 2.43. The standard InChI is InChI=1S/C31H43N5O/c1-21(2)35-15-5-8-26(35)20-37-30-33-28-17-31(13-11-22-6-3-4-7-23(22)16-31)14-12-27(28)29(34-30)36-24-9-10-25(36)19-32-18-24/h3-4,6-7,21,24-26,32H,5,8-20H2,1-2H3/t24-,25+,26-,31-/m0/s1. The van der Waals surface area contributed by atoms with Crippen LogP contribution in [0.3, 0.4) is 0 Å². The van der Waals surface area contributed by atoms with Crippen molar-refractivity contribution < 1.29 is 4.74 Å². The fraction of sp³-hybridized carbons (Fsp3) is 0.677. The molecule has 4 heterocycles. The molecule has 0 saturated carbocycles. The van der Waals surface area contributed by atoms with Crippen LogP contribution in [0, 0.1) is 5.41 Å². The SMILES string of the molecule is CC(C)N1CCC[C@H]1COc1nc2c(c(N3[C@@H]4CC[C@H]3CNC4)n1)CC[C@]1(CCc3ccccc3C1)C2. The molecular weight excluding hydrogens is 458 g/mol. The third-order valence-electron chi connectivity index (χ3n) is 10.2. The summed E-state index contributed by atoms with van der Waals surface area (Å²) in [6.45, 7) is 8.61. The Labute approximate surface area is 222 Å². The molecule has 1 aromatic heterocycles. The minimum Gasteiger partial charge on any atom is -0.462 e. The van der Waals surface area contributed by atoms with Gasteiger partial charge in [0.1, 0.15) is 12.4 Å². The van der Waals surface area contributed by atoms with Gasteiger partial charge >= 0.3 is 6.01 Å². The molecular formula is C31H43N5O. The van der Waals surface area contributed by atoms with E-state index in [-0.39, 0.29) is 0 Å². The number of nitrogens with one attached hydrogen (secondary N) is 1. The van der Waals surface area contributed by atoms with E-state index in [1.165, 1.54) is 75.0 Å². The van der Waals surface area contributed by atoms with Crippen molar-refractivity contribution in [3.05, 3.63) is 46.6 Å². The number of benzene rings is 1. The van der Waals surface area contributed by atoms with Gasteiger partial charge in [-0.3, -0.25) is 4.90 Å². The van der Waals surface area contributed by atoms with Gasteiger partial charge in [0.25, 0.3) is 0 Å². The summed E-state index contributed by atoms with van der Waals surface area (Å²) in [6, 6.07) is 11.8. The van der Waals surface area contributed by atoms with Gasteiger partial charge in [-0.25, -0.2) is 0 Å². The van der Waals surface area contributed by atoms with Gasteiger partial charge in [-0.05, 0) is 101 Å². The zero-order valence-electron chi connectivity index (χ0n) is 22.7. The smallest absolute Gasteiger partial charge is 0.318 e. The van der Waals surface area contributed by atoms with E-state index in [1.54, 1.807) is 11.1 Å². The zero-order valence-corrected chi connectivity index (χ0v) is 22.7. The molecule has 1 aromatic carbocycles. The van der Waals surface area contributed by atoms with Gasteiger partial charge < -0.3 is 15.0 Å². The molecule has 2 aliphatic carbocycles. The molecule has 6 heteroatoms. The topological polar surface area (TPSA) is 53.5 Å². The number of hydrogen-bond acceptors (Lipinski definition) is 6. The van der Waals surface area contributed by atoms with Crippen molar-refractivity contribution in [3.8, 4) is 6.01 Å². The van der Waals surface area contributed by atoms with Crippen molar-refractivity contribution in [1.82, 2.24) is 20.2 Å². The second-order valence-electron chi connectivity index (χ2n) is 12.8. The van der Waals surface area contributed by atoms with E-state index in [0.717, 1.165) is 25.9 Å². The number of anilines is 1. The molecule has 7 rings (SSSR count). The quantitative estimate of drug-likeness (QED) is 0.658. The largest absolute Gasteiger partial charge is 0.462 e. The number of hydrogen-bond donors (Lipinski definition) is 1. The van der Waals surface area contributed by atoms with Crippen LogP contribution in [0.25, 0.3) is 0 Å². The lowest BCUT2D eigenvalue weighted by atomic mass is 9.63. The lowest BCUT2D eigenvalue weighted by Gasteiger charge is -2.43. The van der Waals surface area contributed by atoms with E-state index >= 15 is 0 Å². The molecule has 4 atom stereocenters. The number of fused-ring (bicyclic) bond motifs is 4. The Morgan fingerprint density at radius 2 is 1.78 bits per heavy atom. The van der Waals surface area contributed by atoms with E-state index in [0.29, 0.717) is 42.2 Å². The lowest BCUT2D eigenvalue weighted by Crippen LogP contribution is -2.53. The first-order valence-electron chi connectivity index (χ1n) is 14.9. The minimum absolute atomic E-state index is 0.326. The van der Waals surface area contributed by atoms with E-state index in [9.17, 15) is 0 Å². The van der Waals surface area contributed by atoms with Gasteiger partial charge in [-0.15, -0.1) is 0 Å². The molecule has 0 amide bonds. The number of aromatic nitrogens is 2. The fourth-order valence-corrected chi connectivity index (χ4v) is 8.25. The Morgan fingerprint density at radius 1 is 1.00 bits per heavy atom. The van der Waals surface area contributed by atoms with Gasteiger partial charge in [0.05, 0.1) is 5.69 Å². The predicted octanol–water partition coefficient (Wildman–Crippen LogP) is 4.33. The Morgan fingerprint density at radius 3 is 2.59 bits per heavy atom. The van der Waals surface area contributed by atoms with Crippen LogP contribution >= 0.6 is 0 Å². The minimum atomic E-state index is 0.326. The summed E-state index contributed by atoms with van der Waals surface area (Å²) < 4.78 is 6.48.